The summed E-state index contributed by atoms with van der Waals surface area (Å²) in [5.41, 5.74) is 3.77. The lowest BCUT2D eigenvalue weighted by Crippen LogP contribution is -2.50. The summed E-state index contributed by atoms with van der Waals surface area (Å²) in [7, 11) is 0. The van der Waals surface area contributed by atoms with E-state index >= 15 is 0 Å². The molecule has 0 spiro atoms. The fourth-order valence-electron chi connectivity index (χ4n) is 3.00. The van der Waals surface area contributed by atoms with Gasteiger partial charge in [-0.15, -0.1) is 0 Å². The van der Waals surface area contributed by atoms with Gasteiger partial charge in [-0.2, -0.15) is 0 Å². The predicted molar refractivity (Wildman–Crippen MR) is 101 cm³/mol. The summed E-state index contributed by atoms with van der Waals surface area (Å²) >= 11 is 0. The molecule has 1 saturated heterocycles. The lowest BCUT2D eigenvalue weighted by atomic mass is 10.1. The Balaban J connectivity index is 1.60. The van der Waals surface area contributed by atoms with Gasteiger partial charge in [0.1, 0.15) is 6.61 Å². The fraction of sp³-hybridized carbons (Fsp3) is 0.333. The third-order valence-corrected chi connectivity index (χ3v) is 4.56. The zero-order valence-electron chi connectivity index (χ0n) is 15.2. The fourth-order valence-corrected chi connectivity index (χ4v) is 3.00. The highest BCUT2D eigenvalue weighted by Crippen LogP contribution is 2.19. The summed E-state index contributed by atoms with van der Waals surface area (Å²) < 4.78 is 5.59. The van der Waals surface area contributed by atoms with Crippen LogP contribution in [0.1, 0.15) is 28.4 Å². The van der Waals surface area contributed by atoms with E-state index in [1.54, 1.807) is 11.0 Å². The molecule has 2 amide bonds. The zero-order valence-corrected chi connectivity index (χ0v) is 15.2. The number of ether oxygens (including phenoxy) is 1. The van der Waals surface area contributed by atoms with E-state index in [2.05, 4.69) is 12.2 Å². The molecule has 1 aliphatic heterocycles. The van der Waals surface area contributed by atoms with Crippen LogP contribution in [0.4, 0.5) is 5.69 Å². The molecule has 5 nitrogen and oxygen atoms in total. The molecule has 26 heavy (non-hydrogen) atoms. The SMILES string of the molecule is CCc1ccc(N2CC(CNC(=O)c3cccc(C)c3)OCC2=O)cc1. The van der Waals surface area contributed by atoms with E-state index in [-0.39, 0.29) is 24.5 Å². The number of benzene rings is 2. The number of anilines is 1. The maximum absolute atomic E-state index is 12.3. The first kappa shape index (κ1) is 18.1. The van der Waals surface area contributed by atoms with E-state index in [0.717, 1.165) is 17.7 Å². The van der Waals surface area contributed by atoms with E-state index in [4.69, 9.17) is 4.74 Å². The highest BCUT2D eigenvalue weighted by molar-refractivity contribution is 5.95. The second kappa shape index (κ2) is 8.15. The monoisotopic (exact) mass is 352 g/mol. The highest BCUT2D eigenvalue weighted by Gasteiger charge is 2.27. The molecule has 1 aliphatic rings. The Morgan fingerprint density at radius 2 is 2.00 bits per heavy atom. The van der Waals surface area contributed by atoms with Crippen LogP contribution in [-0.4, -0.2) is 37.6 Å². The Bertz CT molecular complexity index is 786. The Hall–Kier alpha value is -2.66. The van der Waals surface area contributed by atoms with Crippen LogP contribution >= 0.6 is 0 Å². The Labute approximate surface area is 154 Å². The minimum Gasteiger partial charge on any atom is -0.365 e. The number of nitrogens with one attached hydrogen (secondary N) is 1. The van der Waals surface area contributed by atoms with Crippen molar-refractivity contribution in [1.29, 1.82) is 0 Å². The molecule has 0 radical (unpaired) electrons. The van der Waals surface area contributed by atoms with E-state index in [0.29, 0.717) is 18.7 Å². The standard InChI is InChI=1S/C21H24N2O3/c1-3-16-7-9-18(10-8-16)23-13-19(26-14-20(23)24)12-22-21(25)17-6-4-5-15(2)11-17/h4-11,19H,3,12-14H2,1-2H3,(H,22,25). The molecule has 2 aromatic carbocycles. The molecule has 1 heterocycles. The average Bonchev–Trinajstić information content (AvgIpc) is 2.67. The topological polar surface area (TPSA) is 58.6 Å². The maximum Gasteiger partial charge on any atom is 0.253 e. The van der Waals surface area contributed by atoms with E-state index < -0.39 is 0 Å². The van der Waals surface area contributed by atoms with Crippen molar-refractivity contribution >= 4 is 17.5 Å². The van der Waals surface area contributed by atoms with E-state index in [1.807, 2.05) is 49.4 Å². The lowest BCUT2D eigenvalue weighted by molar-refractivity contribution is -0.129. The minimum atomic E-state index is -0.229. The molecular weight excluding hydrogens is 328 g/mol. The smallest absolute Gasteiger partial charge is 0.253 e. The van der Waals surface area contributed by atoms with Gasteiger partial charge in [0.15, 0.2) is 0 Å². The summed E-state index contributed by atoms with van der Waals surface area (Å²) in [5, 5.41) is 2.90. The second-order valence-electron chi connectivity index (χ2n) is 6.54. The van der Waals surface area contributed by atoms with Crippen molar-refractivity contribution in [3.63, 3.8) is 0 Å². The lowest BCUT2D eigenvalue weighted by Gasteiger charge is -2.33. The number of aryl methyl sites for hydroxylation is 2. The molecule has 0 aromatic heterocycles. The van der Waals surface area contributed by atoms with Crippen molar-refractivity contribution in [2.75, 3.05) is 24.6 Å². The summed E-state index contributed by atoms with van der Waals surface area (Å²) in [6, 6.07) is 15.4. The molecule has 0 bridgehead atoms. The first-order valence-electron chi connectivity index (χ1n) is 8.92. The van der Waals surface area contributed by atoms with Crippen LogP contribution in [-0.2, 0) is 16.0 Å². The van der Waals surface area contributed by atoms with Gasteiger partial charge in [-0.05, 0) is 43.2 Å². The van der Waals surface area contributed by atoms with Gasteiger partial charge in [0, 0.05) is 17.8 Å². The van der Waals surface area contributed by atoms with Gasteiger partial charge in [-0.1, -0.05) is 36.8 Å². The summed E-state index contributed by atoms with van der Waals surface area (Å²) in [4.78, 5) is 26.2. The third-order valence-electron chi connectivity index (χ3n) is 4.56. The molecule has 1 fully saturated rings. The average molecular weight is 352 g/mol. The van der Waals surface area contributed by atoms with Crippen LogP contribution in [0.25, 0.3) is 0 Å². The number of rotatable bonds is 5. The molecule has 3 rings (SSSR count). The van der Waals surface area contributed by atoms with Gasteiger partial charge in [-0.3, -0.25) is 9.59 Å². The van der Waals surface area contributed by atoms with Crippen LogP contribution in [0, 0.1) is 6.92 Å². The van der Waals surface area contributed by atoms with E-state index in [1.165, 1.54) is 5.56 Å². The van der Waals surface area contributed by atoms with Crippen LogP contribution < -0.4 is 10.2 Å². The van der Waals surface area contributed by atoms with Crippen molar-refractivity contribution < 1.29 is 14.3 Å². The predicted octanol–water partition coefficient (Wildman–Crippen LogP) is 2.72. The molecule has 5 heteroatoms. The Morgan fingerprint density at radius 1 is 1.23 bits per heavy atom. The molecule has 1 unspecified atom stereocenters. The van der Waals surface area contributed by atoms with Gasteiger partial charge in [0.25, 0.3) is 11.8 Å². The summed E-state index contributed by atoms with van der Waals surface area (Å²) in [6.07, 6.45) is 0.734. The van der Waals surface area contributed by atoms with Gasteiger partial charge < -0.3 is 15.0 Å². The number of hydrogen-bond acceptors (Lipinski definition) is 3. The number of carbonyl (C=O) groups is 2. The maximum atomic E-state index is 12.3. The molecule has 136 valence electrons. The molecule has 1 atom stereocenters. The minimum absolute atomic E-state index is 0.0283. The van der Waals surface area contributed by atoms with Gasteiger partial charge >= 0.3 is 0 Å². The number of morpholine rings is 1. The summed E-state index contributed by atoms with van der Waals surface area (Å²) in [5.74, 6) is -0.191. The number of hydrogen-bond donors (Lipinski definition) is 1. The van der Waals surface area contributed by atoms with Gasteiger partial charge in [0.05, 0.1) is 12.6 Å². The number of amides is 2. The highest BCUT2D eigenvalue weighted by atomic mass is 16.5. The van der Waals surface area contributed by atoms with Gasteiger partial charge in [0.2, 0.25) is 0 Å². The van der Waals surface area contributed by atoms with Crippen LogP contribution in [0.15, 0.2) is 48.5 Å². The van der Waals surface area contributed by atoms with Crippen LogP contribution in [0.5, 0.6) is 0 Å². The molecule has 0 saturated carbocycles. The Morgan fingerprint density at radius 3 is 2.69 bits per heavy atom. The van der Waals surface area contributed by atoms with Crippen molar-refractivity contribution in [2.24, 2.45) is 0 Å². The summed E-state index contributed by atoms with van der Waals surface area (Å²) in [6.45, 7) is 4.87. The molecule has 0 aliphatic carbocycles. The first-order chi connectivity index (χ1) is 12.6. The molecule has 2 aromatic rings. The third kappa shape index (κ3) is 4.29. The van der Waals surface area contributed by atoms with Crippen molar-refractivity contribution in [3.8, 4) is 0 Å². The molecular formula is C21H24N2O3. The van der Waals surface area contributed by atoms with Crippen LogP contribution in [0.3, 0.4) is 0 Å². The number of carbonyl (C=O) groups excluding carboxylic acids is 2. The quantitative estimate of drug-likeness (QED) is 0.900. The van der Waals surface area contributed by atoms with Crippen molar-refractivity contribution in [1.82, 2.24) is 5.32 Å². The van der Waals surface area contributed by atoms with E-state index in [9.17, 15) is 9.59 Å². The second-order valence-corrected chi connectivity index (χ2v) is 6.54. The first-order valence-corrected chi connectivity index (χ1v) is 8.92. The van der Waals surface area contributed by atoms with Crippen molar-refractivity contribution in [2.45, 2.75) is 26.4 Å². The Kier molecular flexibility index (Phi) is 5.68. The van der Waals surface area contributed by atoms with Crippen molar-refractivity contribution in [3.05, 3.63) is 65.2 Å². The zero-order chi connectivity index (χ0) is 18.5. The largest absolute Gasteiger partial charge is 0.365 e. The van der Waals surface area contributed by atoms with Crippen LogP contribution in [0.2, 0.25) is 0 Å². The number of nitrogens with zero attached hydrogens (tertiary/aromatic N) is 1. The molecule has 1 N–H and O–H groups in total. The normalized spacial score (nSPS) is 17.2. The van der Waals surface area contributed by atoms with Gasteiger partial charge in [-0.25, -0.2) is 0 Å².